The van der Waals surface area contributed by atoms with Crippen molar-refractivity contribution in [3.63, 3.8) is 0 Å². The monoisotopic (exact) mass is 446 g/mol. The second-order valence-corrected chi connectivity index (χ2v) is 7.76. The lowest BCUT2D eigenvalue weighted by molar-refractivity contribution is -0.113. The molecule has 9 heteroatoms. The number of carbonyl (C=O) groups is 1. The number of amides is 1. The number of carbonyl (C=O) groups excluding carboxylic acids is 1. The Labute approximate surface area is 187 Å². The summed E-state index contributed by atoms with van der Waals surface area (Å²) in [6.07, 6.45) is 3.38. The number of rotatable bonds is 6. The number of benzene rings is 2. The second-order valence-electron chi connectivity index (χ2n) is 6.38. The van der Waals surface area contributed by atoms with Gasteiger partial charge in [-0.3, -0.25) is 14.3 Å². The molecule has 1 amide bonds. The quantitative estimate of drug-likeness (QED) is 0.435. The molecule has 0 atom stereocenters. The molecule has 152 valence electrons. The van der Waals surface area contributed by atoms with E-state index in [1.807, 2.05) is 34.9 Å². The van der Waals surface area contributed by atoms with Crippen LogP contribution >= 0.6 is 23.4 Å². The number of nitrogens with one attached hydrogen (secondary N) is 1. The van der Waals surface area contributed by atoms with Gasteiger partial charge in [0.25, 0.3) is 0 Å². The number of halogens is 1. The third kappa shape index (κ3) is 4.91. The van der Waals surface area contributed by atoms with Crippen LogP contribution in [0, 0.1) is 11.3 Å². The van der Waals surface area contributed by atoms with Crippen LogP contribution in [-0.4, -0.2) is 31.4 Å². The van der Waals surface area contributed by atoms with Gasteiger partial charge in [-0.05, 0) is 60.7 Å². The molecule has 0 saturated carbocycles. The van der Waals surface area contributed by atoms with E-state index in [0.717, 1.165) is 11.3 Å². The summed E-state index contributed by atoms with van der Waals surface area (Å²) < 4.78 is 1.88. The molecule has 0 saturated heterocycles. The maximum Gasteiger partial charge on any atom is 0.234 e. The molecule has 7 nitrogen and oxygen atoms in total. The Hall–Kier alpha value is -3.67. The molecule has 2 aromatic heterocycles. The van der Waals surface area contributed by atoms with Crippen molar-refractivity contribution in [2.45, 2.75) is 5.16 Å². The summed E-state index contributed by atoms with van der Waals surface area (Å²) >= 11 is 7.32. The zero-order chi connectivity index (χ0) is 21.6. The predicted molar refractivity (Wildman–Crippen MR) is 120 cm³/mol. The highest BCUT2D eigenvalue weighted by Crippen LogP contribution is 2.28. The van der Waals surface area contributed by atoms with Gasteiger partial charge in [0.05, 0.1) is 17.4 Å². The van der Waals surface area contributed by atoms with Crippen molar-refractivity contribution in [3.8, 4) is 23.1 Å². The number of thioether (sulfide) groups is 1. The van der Waals surface area contributed by atoms with E-state index in [0.29, 0.717) is 27.3 Å². The Bertz CT molecular complexity index is 1230. The molecule has 4 rings (SSSR count). The highest BCUT2D eigenvalue weighted by atomic mass is 35.5. The van der Waals surface area contributed by atoms with Crippen molar-refractivity contribution >= 4 is 35.0 Å². The molecule has 1 N–H and O–H groups in total. The maximum atomic E-state index is 12.4. The molecule has 2 heterocycles. The first-order valence-corrected chi connectivity index (χ1v) is 10.5. The van der Waals surface area contributed by atoms with Crippen LogP contribution in [0.5, 0.6) is 0 Å². The average Bonchev–Trinajstić information content (AvgIpc) is 3.23. The van der Waals surface area contributed by atoms with Crippen LogP contribution in [0.2, 0.25) is 5.02 Å². The summed E-state index contributed by atoms with van der Waals surface area (Å²) in [5.74, 6) is 0.591. The molecule has 4 aromatic rings. The third-order valence-corrected chi connectivity index (χ3v) is 5.47. The molecule has 31 heavy (non-hydrogen) atoms. The van der Waals surface area contributed by atoms with Crippen molar-refractivity contribution in [1.29, 1.82) is 5.26 Å². The normalized spacial score (nSPS) is 10.5. The maximum absolute atomic E-state index is 12.4. The average molecular weight is 447 g/mol. The van der Waals surface area contributed by atoms with Gasteiger partial charge in [0, 0.05) is 34.4 Å². The minimum absolute atomic E-state index is 0.141. The Balaban J connectivity index is 1.56. The van der Waals surface area contributed by atoms with Crippen LogP contribution in [0.15, 0.2) is 78.2 Å². The van der Waals surface area contributed by atoms with E-state index in [9.17, 15) is 4.79 Å². The number of hydrogen-bond donors (Lipinski definition) is 1. The number of nitriles is 1. The standard InChI is InChI=1S/C22H15ClN6OS/c23-17-3-7-19(8-4-17)29-21(16-9-11-25-12-10-16)27-28-22(29)31-14-20(30)26-18-5-1-15(13-24)2-6-18/h1-12H,14H2,(H,26,30). The lowest BCUT2D eigenvalue weighted by Crippen LogP contribution is -2.14. The highest BCUT2D eigenvalue weighted by molar-refractivity contribution is 7.99. The van der Waals surface area contributed by atoms with E-state index in [1.54, 1.807) is 48.8 Å². The minimum atomic E-state index is -0.189. The fourth-order valence-electron chi connectivity index (χ4n) is 2.83. The fraction of sp³-hybridized carbons (Fsp3) is 0.0455. The van der Waals surface area contributed by atoms with Crippen molar-refractivity contribution in [3.05, 3.63) is 83.6 Å². The first kappa shape index (κ1) is 20.6. The summed E-state index contributed by atoms with van der Waals surface area (Å²) in [6, 6.07) is 19.8. The fourth-order valence-corrected chi connectivity index (χ4v) is 3.71. The van der Waals surface area contributed by atoms with Gasteiger partial charge in [0.2, 0.25) is 5.91 Å². The van der Waals surface area contributed by atoms with E-state index >= 15 is 0 Å². The SMILES string of the molecule is N#Cc1ccc(NC(=O)CSc2nnc(-c3ccncc3)n2-c2ccc(Cl)cc2)cc1. The Morgan fingerprint density at radius 2 is 1.74 bits per heavy atom. The predicted octanol–water partition coefficient (Wildman–Crippen LogP) is 4.59. The minimum Gasteiger partial charge on any atom is -0.325 e. The number of hydrogen-bond acceptors (Lipinski definition) is 6. The van der Waals surface area contributed by atoms with E-state index in [2.05, 4.69) is 20.5 Å². The molecule has 0 radical (unpaired) electrons. The molecule has 0 aliphatic carbocycles. The molecule has 0 unspecified atom stereocenters. The number of aromatic nitrogens is 4. The molecular weight excluding hydrogens is 432 g/mol. The Morgan fingerprint density at radius 1 is 1.03 bits per heavy atom. The van der Waals surface area contributed by atoms with Crippen LogP contribution in [0.3, 0.4) is 0 Å². The molecule has 2 aromatic carbocycles. The smallest absolute Gasteiger partial charge is 0.234 e. The number of anilines is 1. The van der Waals surface area contributed by atoms with Gasteiger partial charge < -0.3 is 5.32 Å². The van der Waals surface area contributed by atoms with Gasteiger partial charge >= 0.3 is 0 Å². The Kier molecular flexibility index (Phi) is 6.26. The van der Waals surface area contributed by atoms with Gasteiger partial charge in [-0.15, -0.1) is 10.2 Å². The molecule has 0 spiro atoms. The first-order valence-electron chi connectivity index (χ1n) is 9.18. The Morgan fingerprint density at radius 3 is 2.42 bits per heavy atom. The van der Waals surface area contributed by atoms with Crippen LogP contribution in [0.25, 0.3) is 17.1 Å². The number of nitrogens with zero attached hydrogens (tertiary/aromatic N) is 5. The van der Waals surface area contributed by atoms with Gasteiger partial charge in [-0.2, -0.15) is 5.26 Å². The van der Waals surface area contributed by atoms with Crippen LogP contribution in [0.4, 0.5) is 5.69 Å². The molecule has 0 aliphatic heterocycles. The molecule has 0 aliphatic rings. The van der Waals surface area contributed by atoms with E-state index in [4.69, 9.17) is 16.9 Å². The van der Waals surface area contributed by atoms with Gasteiger partial charge in [0.15, 0.2) is 11.0 Å². The summed E-state index contributed by atoms with van der Waals surface area (Å²) in [7, 11) is 0. The summed E-state index contributed by atoms with van der Waals surface area (Å²) in [4.78, 5) is 16.5. The first-order chi connectivity index (χ1) is 15.1. The summed E-state index contributed by atoms with van der Waals surface area (Å²) in [5, 5.41) is 21.5. The zero-order valence-corrected chi connectivity index (χ0v) is 17.6. The van der Waals surface area contributed by atoms with Crippen molar-refractivity contribution in [2.75, 3.05) is 11.1 Å². The lowest BCUT2D eigenvalue weighted by Gasteiger charge is -2.10. The van der Waals surface area contributed by atoms with Crippen LogP contribution in [0.1, 0.15) is 5.56 Å². The van der Waals surface area contributed by atoms with Crippen molar-refractivity contribution < 1.29 is 4.79 Å². The molecular formula is C22H15ClN6OS. The van der Waals surface area contributed by atoms with E-state index in [1.165, 1.54) is 11.8 Å². The van der Waals surface area contributed by atoms with Gasteiger partial charge in [-0.25, -0.2) is 0 Å². The molecule has 0 bridgehead atoms. The largest absolute Gasteiger partial charge is 0.325 e. The van der Waals surface area contributed by atoms with Crippen molar-refractivity contribution in [1.82, 2.24) is 19.7 Å². The second kappa shape index (κ2) is 9.43. The zero-order valence-electron chi connectivity index (χ0n) is 16.1. The van der Waals surface area contributed by atoms with E-state index < -0.39 is 0 Å². The van der Waals surface area contributed by atoms with Gasteiger partial charge in [-0.1, -0.05) is 23.4 Å². The number of pyridine rings is 1. The van der Waals surface area contributed by atoms with Crippen LogP contribution in [-0.2, 0) is 4.79 Å². The van der Waals surface area contributed by atoms with E-state index in [-0.39, 0.29) is 11.7 Å². The topological polar surface area (TPSA) is 96.5 Å². The van der Waals surface area contributed by atoms with Crippen molar-refractivity contribution in [2.24, 2.45) is 0 Å². The molecule has 0 fully saturated rings. The van der Waals surface area contributed by atoms with Gasteiger partial charge in [0.1, 0.15) is 0 Å². The summed E-state index contributed by atoms with van der Waals surface area (Å²) in [5.41, 5.74) is 2.84. The lowest BCUT2D eigenvalue weighted by atomic mass is 10.2. The van der Waals surface area contributed by atoms with Crippen LogP contribution < -0.4 is 5.32 Å². The third-order valence-electron chi connectivity index (χ3n) is 4.29. The highest BCUT2D eigenvalue weighted by Gasteiger charge is 2.17. The summed E-state index contributed by atoms with van der Waals surface area (Å²) in [6.45, 7) is 0.